The number of hydrogen-bond acceptors (Lipinski definition) is 6. The van der Waals surface area contributed by atoms with Gasteiger partial charge >= 0.3 is 6.03 Å². The quantitative estimate of drug-likeness (QED) is 0.764. The van der Waals surface area contributed by atoms with Crippen LogP contribution in [0.1, 0.15) is 5.01 Å². The van der Waals surface area contributed by atoms with E-state index >= 15 is 0 Å². The van der Waals surface area contributed by atoms with Crippen LogP contribution in [0.3, 0.4) is 0 Å². The third-order valence-corrected chi connectivity index (χ3v) is 4.99. The average molecular weight is 355 g/mol. The zero-order valence-electron chi connectivity index (χ0n) is 13.7. The second kappa shape index (κ2) is 6.73. The number of nitrogens with one attached hydrogen (secondary N) is 1. The fourth-order valence-electron chi connectivity index (χ4n) is 2.71. The van der Waals surface area contributed by atoms with E-state index in [-0.39, 0.29) is 6.03 Å². The van der Waals surface area contributed by atoms with E-state index in [0.29, 0.717) is 32.1 Å². The number of nitrogens with zero attached hydrogens (tertiary/aromatic N) is 4. The Bertz CT molecular complexity index is 920. The van der Waals surface area contributed by atoms with Crippen LogP contribution in [0.2, 0.25) is 0 Å². The normalized spacial score (nSPS) is 14.7. The predicted octanol–water partition coefficient (Wildman–Crippen LogP) is 2.93. The van der Waals surface area contributed by atoms with E-state index in [1.54, 1.807) is 16.2 Å². The van der Waals surface area contributed by atoms with Crippen LogP contribution in [0.4, 0.5) is 10.6 Å². The predicted molar refractivity (Wildman–Crippen MR) is 96.8 cm³/mol. The number of amides is 2. The lowest BCUT2D eigenvalue weighted by molar-refractivity contribution is 0.0564. The zero-order valence-corrected chi connectivity index (χ0v) is 14.5. The van der Waals surface area contributed by atoms with Crippen LogP contribution in [0, 0.1) is 6.92 Å². The molecular formula is C17H17N5O2S. The first-order chi connectivity index (χ1) is 12.2. The van der Waals surface area contributed by atoms with Gasteiger partial charge in [0.25, 0.3) is 0 Å². The Kier molecular flexibility index (Phi) is 4.29. The van der Waals surface area contributed by atoms with Crippen LogP contribution in [-0.2, 0) is 4.74 Å². The number of benzene rings is 1. The summed E-state index contributed by atoms with van der Waals surface area (Å²) in [6.45, 7) is 4.28. The molecule has 8 heteroatoms. The van der Waals surface area contributed by atoms with Crippen molar-refractivity contribution >= 4 is 34.1 Å². The maximum Gasteiger partial charge on any atom is 0.323 e. The lowest BCUT2D eigenvalue weighted by Crippen LogP contribution is -2.43. The third kappa shape index (κ3) is 3.45. The van der Waals surface area contributed by atoms with Crippen molar-refractivity contribution in [1.29, 1.82) is 0 Å². The highest BCUT2D eigenvalue weighted by atomic mass is 32.1. The molecule has 4 rings (SSSR count). The molecule has 0 spiro atoms. The molecule has 128 valence electrons. The molecule has 0 atom stereocenters. The Balaban J connectivity index is 1.59. The van der Waals surface area contributed by atoms with Gasteiger partial charge in [-0.3, -0.25) is 5.32 Å². The topological polar surface area (TPSA) is 80.2 Å². The van der Waals surface area contributed by atoms with E-state index in [1.807, 2.05) is 37.4 Å². The second-order valence-corrected chi connectivity index (χ2v) is 7.01. The van der Waals surface area contributed by atoms with Crippen molar-refractivity contribution in [2.24, 2.45) is 0 Å². The summed E-state index contributed by atoms with van der Waals surface area (Å²) in [4.78, 5) is 19.4. The Hall–Kier alpha value is -2.58. The Morgan fingerprint density at radius 2 is 2.08 bits per heavy atom. The fraction of sp³-hybridized carbons (Fsp3) is 0.294. The average Bonchev–Trinajstić information content (AvgIpc) is 3.08. The van der Waals surface area contributed by atoms with Crippen molar-refractivity contribution in [1.82, 2.24) is 20.1 Å². The maximum absolute atomic E-state index is 12.3. The largest absolute Gasteiger partial charge is 0.378 e. The summed E-state index contributed by atoms with van der Waals surface area (Å²) >= 11 is 1.65. The lowest BCUT2D eigenvalue weighted by atomic mass is 10.1. The molecule has 2 aromatic heterocycles. The van der Waals surface area contributed by atoms with Crippen LogP contribution in [0.5, 0.6) is 0 Å². The molecule has 1 fully saturated rings. The van der Waals surface area contributed by atoms with Crippen LogP contribution in [0.15, 0.2) is 30.5 Å². The number of ether oxygens (including phenoxy) is 1. The van der Waals surface area contributed by atoms with Gasteiger partial charge in [0.05, 0.1) is 28.6 Å². The van der Waals surface area contributed by atoms with Crippen LogP contribution >= 0.6 is 11.3 Å². The highest BCUT2D eigenvalue weighted by Gasteiger charge is 2.17. The smallest absolute Gasteiger partial charge is 0.323 e. The van der Waals surface area contributed by atoms with Crippen LogP contribution < -0.4 is 5.32 Å². The third-order valence-electron chi connectivity index (χ3n) is 4.02. The molecule has 7 nitrogen and oxygen atoms in total. The minimum atomic E-state index is -0.175. The van der Waals surface area contributed by atoms with Gasteiger partial charge in [-0.25, -0.2) is 9.78 Å². The number of fused-ring (bicyclic) bond motifs is 1. The molecule has 3 heterocycles. The molecule has 2 amide bonds. The monoisotopic (exact) mass is 355 g/mol. The number of carbonyl (C=O) groups excluding carboxylic acids is 1. The number of rotatable bonds is 2. The molecule has 0 aliphatic carbocycles. The molecule has 1 saturated heterocycles. The molecular weight excluding hydrogens is 338 g/mol. The van der Waals surface area contributed by atoms with Gasteiger partial charge in [0.2, 0.25) is 0 Å². The SMILES string of the molecule is Cc1ncc(-c2ccc3nnc(NC(=O)N4CCOCC4)cc3c2)s1. The van der Waals surface area contributed by atoms with Crippen molar-refractivity contribution < 1.29 is 9.53 Å². The Labute approximate surface area is 148 Å². The van der Waals surface area contributed by atoms with E-state index in [2.05, 4.69) is 20.5 Å². The molecule has 3 aromatic rings. The summed E-state index contributed by atoms with van der Waals surface area (Å²) in [6, 6.07) is 7.65. The molecule has 1 aliphatic heterocycles. The summed E-state index contributed by atoms with van der Waals surface area (Å²) in [5.41, 5.74) is 1.87. The van der Waals surface area contributed by atoms with Gasteiger partial charge in [-0.1, -0.05) is 6.07 Å². The van der Waals surface area contributed by atoms with E-state index in [4.69, 9.17) is 4.74 Å². The minimum Gasteiger partial charge on any atom is -0.378 e. The number of hydrogen-bond donors (Lipinski definition) is 1. The van der Waals surface area contributed by atoms with Gasteiger partial charge in [0.15, 0.2) is 5.82 Å². The first kappa shape index (κ1) is 15.9. The van der Waals surface area contributed by atoms with Gasteiger partial charge in [0, 0.05) is 24.7 Å². The number of anilines is 1. The lowest BCUT2D eigenvalue weighted by Gasteiger charge is -2.26. The van der Waals surface area contributed by atoms with E-state index < -0.39 is 0 Å². The highest BCUT2D eigenvalue weighted by molar-refractivity contribution is 7.15. The van der Waals surface area contributed by atoms with Crippen molar-refractivity contribution in [2.75, 3.05) is 31.6 Å². The highest BCUT2D eigenvalue weighted by Crippen LogP contribution is 2.28. The first-order valence-corrected chi connectivity index (χ1v) is 8.85. The second-order valence-electron chi connectivity index (χ2n) is 5.78. The van der Waals surface area contributed by atoms with Crippen LogP contribution in [0.25, 0.3) is 21.3 Å². The minimum absolute atomic E-state index is 0.175. The van der Waals surface area contributed by atoms with E-state index in [0.717, 1.165) is 26.4 Å². The molecule has 1 N–H and O–H groups in total. The number of aryl methyl sites for hydroxylation is 1. The van der Waals surface area contributed by atoms with Crippen molar-refractivity contribution in [3.8, 4) is 10.4 Å². The van der Waals surface area contributed by atoms with Crippen molar-refractivity contribution in [3.63, 3.8) is 0 Å². The summed E-state index contributed by atoms with van der Waals surface area (Å²) in [5, 5.41) is 13.1. The maximum atomic E-state index is 12.3. The number of thiazole rings is 1. The number of morpholine rings is 1. The van der Waals surface area contributed by atoms with E-state index in [1.165, 1.54) is 0 Å². The summed E-state index contributed by atoms with van der Waals surface area (Å²) in [6.07, 6.45) is 1.87. The van der Waals surface area contributed by atoms with Gasteiger partial charge in [0.1, 0.15) is 0 Å². The van der Waals surface area contributed by atoms with Crippen molar-refractivity contribution in [2.45, 2.75) is 6.92 Å². The van der Waals surface area contributed by atoms with Gasteiger partial charge in [-0.15, -0.1) is 21.5 Å². The molecule has 1 aromatic carbocycles. The summed E-state index contributed by atoms with van der Waals surface area (Å²) in [5.74, 6) is 0.446. The zero-order chi connectivity index (χ0) is 17.2. The number of aromatic nitrogens is 3. The van der Waals surface area contributed by atoms with Crippen LogP contribution in [-0.4, -0.2) is 52.4 Å². The van der Waals surface area contributed by atoms with E-state index in [9.17, 15) is 4.79 Å². The van der Waals surface area contributed by atoms with Gasteiger partial charge < -0.3 is 9.64 Å². The molecule has 0 saturated carbocycles. The Morgan fingerprint density at radius 1 is 1.24 bits per heavy atom. The molecule has 0 bridgehead atoms. The number of carbonyl (C=O) groups is 1. The molecule has 0 unspecified atom stereocenters. The Morgan fingerprint density at radius 3 is 2.84 bits per heavy atom. The molecule has 25 heavy (non-hydrogen) atoms. The van der Waals surface area contributed by atoms with Crippen molar-refractivity contribution in [3.05, 3.63) is 35.5 Å². The standard InChI is InChI=1S/C17H17N5O2S/c1-11-18-10-15(25-11)12-2-3-14-13(8-12)9-16(21-20-14)19-17(23)22-4-6-24-7-5-22/h2-3,8-10H,4-7H2,1H3,(H,19,21,23). The van der Waals surface area contributed by atoms with Gasteiger partial charge in [-0.2, -0.15) is 0 Å². The summed E-state index contributed by atoms with van der Waals surface area (Å²) in [7, 11) is 0. The number of urea groups is 1. The summed E-state index contributed by atoms with van der Waals surface area (Å²) < 4.78 is 5.26. The van der Waals surface area contributed by atoms with Gasteiger partial charge in [-0.05, 0) is 30.7 Å². The molecule has 0 radical (unpaired) electrons. The molecule has 1 aliphatic rings. The first-order valence-electron chi connectivity index (χ1n) is 8.03. The fourth-order valence-corrected chi connectivity index (χ4v) is 3.48.